The third-order valence-corrected chi connectivity index (χ3v) is 4.75. The molecule has 1 aliphatic rings. The van der Waals surface area contributed by atoms with E-state index < -0.39 is 0 Å². The van der Waals surface area contributed by atoms with E-state index in [2.05, 4.69) is 16.8 Å². The highest BCUT2D eigenvalue weighted by molar-refractivity contribution is 5.96. The van der Waals surface area contributed by atoms with Crippen molar-refractivity contribution in [1.82, 2.24) is 14.5 Å². The summed E-state index contributed by atoms with van der Waals surface area (Å²) in [5, 5.41) is 0. The number of piperidine rings is 1. The predicted molar refractivity (Wildman–Crippen MR) is 110 cm³/mol. The third-order valence-electron chi connectivity index (χ3n) is 4.75. The number of imidazole rings is 1. The molecule has 1 aliphatic heterocycles. The van der Waals surface area contributed by atoms with Crippen LogP contribution in [0.3, 0.4) is 0 Å². The van der Waals surface area contributed by atoms with Crippen molar-refractivity contribution in [2.75, 3.05) is 19.6 Å². The number of Topliss-reactive ketones (excluding diaryl/α,β-unsaturated/α-hetero) is 1. The highest BCUT2D eigenvalue weighted by atomic mass is 35.5. The zero-order valence-electron chi connectivity index (χ0n) is 15.1. The first-order valence-corrected chi connectivity index (χ1v) is 8.56. The number of rotatable bonds is 6. The van der Waals surface area contributed by atoms with E-state index in [-0.39, 0.29) is 36.1 Å². The van der Waals surface area contributed by atoms with Gasteiger partial charge in [0.1, 0.15) is 0 Å². The van der Waals surface area contributed by atoms with Crippen molar-refractivity contribution in [2.24, 2.45) is 5.92 Å². The molecular weight excluding hydrogens is 373 g/mol. The topological polar surface area (TPSA) is 69.6 Å². The van der Waals surface area contributed by atoms with Gasteiger partial charge in [0.05, 0.1) is 6.33 Å². The number of likely N-dealkylation sites (tertiary alicyclic amines) is 1. The van der Waals surface area contributed by atoms with Gasteiger partial charge in [-0.15, -0.1) is 24.8 Å². The number of hydrogen-bond acceptors (Lipinski definition) is 3. The Hall–Kier alpha value is -1.40. The zero-order valence-corrected chi connectivity index (χ0v) is 16.8. The van der Waals surface area contributed by atoms with Gasteiger partial charge in [-0.25, -0.2) is 4.98 Å². The zero-order chi connectivity index (χ0) is 16.1. The van der Waals surface area contributed by atoms with Crippen LogP contribution in [0, 0.1) is 5.92 Å². The molecule has 146 valence electrons. The molecule has 0 unspecified atom stereocenters. The Morgan fingerprint density at radius 2 is 1.81 bits per heavy atom. The average Bonchev–Trinajstić information content (AvgIpc) is 3.11. The van der Waals surface area contributed by atoms with Gasteiger partial charge in [-0.05, 0) is 69.1 Å². The van der Waals surface area contributed by atoms with Crippen molar-refractivity contribution in [3.8, 4) is 5.69 Å². The minimum absolute atomic E-state index is 0. The summed E-state index contributed by atoms with van der Waals surface area (Å²) in [6, 6.07) is 7.78. The van der Waals surface area contributed by atoms with E-state index in [0.29, 0.717) is 6.42 Å². The van der Waals surface area contributed by atoms with E-state index in [9.17, 15) is 4.79 Å². The summed E-state index contributed by atoms with van der Waals surface area (Å²) < 4.78 is 1.94. The van der Waals surface area contributed by atoms with Crippen LogP contribution in [0.5, 0.6) is 0 Å². The maximum atomic E-state index is 12.3. The van der Waals surface area contributed by atoms with Crippen molar-refractivity contribution in [2.45, 2.75) is 32.6 Å². The fourth-order valence-corrected chi connectivity index (χ4v) is 3.12. The molecule has 0 atom stereocenters. The van der Waals surface area contributed by atoms with Crippen LogP contribution in [-0.4, -0.2) is 45.3 Å². The van der Waals surface area contributed by atoms with Gasteiger partial charge in [-0.3, -0.25) is 4.79 Å². The number of benzene rings is 1. The first-order valence-electron chi connectivity index (χ1n) is 8.56. The summed E-state index contributed by atoms with van der Waals surface area (Å²) in [6.45, 7) is 5.75. The molecule has 2 N–H and O–H groups in total. The second-order valence-electron chi connectivity index (χ2n) is 6.57. The summed E-state index contributed by atoms with van der Waals surface area (Å²) in [4.78, 5) is 18.8. The van der Waals surface area contributed by atoms with E-state index in [1.165, 1.54) is 25.9 Å². The Bertz CT molecular complexity index is 625. The molecule has 3 rings (SSSR count). The largest absolute Gasteiger partial charge is 0.412 e. The van der Waals surface area contributed by atoms with Crippen molar-refractivity contribution in [1.29, 1.82) is 0 Å². The van der Waals surface area contributed by atoms with Gasteiger partial charge in [0.25, 0.3) is 0 Å². The van der Waals surface area contributed by atoms with Crippen molar-refractivity contribution in [3.05, 3.63) is 48.5 Å². The molecule has 0 bridgehead atoms. The van der Waals surface area contributed by atoms with E-state index in [0.717, 1.165) is 30.1 Å². The van der Waals surface area contributed by atoms with E-state index in [4.69, 9.17) is 0 Å². The smallest absolute Gasteiger partial charge is 0.162 e. The number of halogens is 2. The molecule has 2 aromatic rings. The van der Waals surface area contributed by atoms with E-state index in [1.54, 1.807) is 12.5 Å². The van der Waals surface area contributed by atoms with Gasteiger partial charge in [-0.2, -0.15) is 0 Å². The lowest BCUT2D eigenvalue weighted by Crippen LogP contribution is -2.33. The molecule has 2 heterocycles. The number of aromatic nitrogens is 2. The van der Waals surface area contributed by atoms with Gasteiger partial charge >= 0.3 is 0 Å². The van der Waals surface area contributed by atoms with Crippen LogP contribution in [0.1, 0.15) is 43.0 Å². The molecule has 5 nitrogen and oxygen atoms in total. The Morgan fingerprint density at radius 3 is 2.38 bits per heavy atom. The average molecular weight is 402 g/mol. The van der Waals surface area contributed by atoms with Crippen LogP contribution in [-0.2, 0) is 0 Å². The highest BCUT2D eigenvalue weighted by Crippen LogP contribution is 2.17. The van der Waals surface area contributed by atoms with Gasteiger partial charge in [0.2, 0.25) is 0 Å². The number of ketones is 1. The molecule has 0 spiro atoms. The minimum Gasteiger partial charge on any atom is -0.412 e. The second kappa shape index (κ2) is 12.1. The SMILES string of the molecule is CC1CCN(CCCC(=O)c2ccc(-n3ccnc3)cc2)CC1.Cl.Cl.O. The molecule has 26 heavy (non-hydrogen) atoms. The lowest BCUT2D eigenvalue weighted by atomic mass is 9.99. The number of carbonyl (C=O) groups excluding carboxylic acids is 1. The molecule has 0 radical (unpaired) electrons. The first kappa shape index (κ1) is 24.6. The maximum absolute atomic E-state index is 12.3. The molecule has 1 aromatic heterocycles. The van der Waals surface area contributed by atoms with Crippen LogP contribution in [0.15, 0.2) is 43.0 Å². The molecule has 7 heteroatoms. The van der Waals surface area contributed by atoms with Crippen LogP contribution < -0.4 is 0 Å². The maximum Gasteiger partial charge on any atom is 0.162 e. The number of nitrogens with zero attached hydrogens (tertiary/aromatic N) is 3. The van der Waals surface area contributed by atoms with Gasteiger partial charge in [0, 0.05) is 30.1 Å². The van der Waals surface area contributed by atoms with Crippen LogP contribution >= 0.6 is 24.8 Å². The molecule has 0 amide bonds. The Kier molecular flexibility index (Phi) is 11.4. The second-order valence-corrected chi connectivity index (χ2v) is 6.57. The van der Waals surface area contributed by atoms with Gasteiger partial charge < -0.3 is 14.9 Å². The van der Waals surface area contributed by atoms with Crippen LogP contribution in [0.25, 0.3) is 5.69 Å². The fraction of sp³-hybridized carbons (Fsp3) is 0.474. The van der Waals surface area contributed by atoms with Crippen molar-refractivity contribution in [3.63, 3.8) is 0 Å². The lowest BCUT2D eigenvalue weighted by molar-refractivity contribution is 0.0971. The standard InChI is InChI=1S/C19H25N3O.2ClH.H2O/c1-16-8-12-21(13-9-16)11-2-3-19(23)17-4-6-18(7-5-17)22-14-10-20-15-22;;;/h4-7,10,14-16H,2-3,8-9,11-13H2,1H3;2*1H;1H2. The Labute approximate surface area is 167 Å². The van der Waals surface area contributed by atoms with Gasteiger partial charge in [-0.1, -0.05) is 6.92 Å². The monoisotopic (exact) mass is 401 g/mol. The Morgan fingerprint density at radius 1 is 1.15 bits per heavy atom. The summed E-state index contributed by atoms with van der Waals surface area (Å²) >= 11 is 0. The fourth-order valence-electron chi connectivity index (χ4n) is 3.12. The predicted octanol–water partition coefficient (Wildman–Crippen LogP) is 3.59. The summed E-state index contributed by atoms with van der Waals surface area (Å²) in [7, 11) is 0. The lowest BCUT2D eigenvalue weighted by Gasteiger charge is -2.29. The van der Waals surface area contributed by atoms with Crippen LogP contribution in [0.2, 0.25) is 0 Å². The van der Waals surface area contributed by atoms with Gasteiger partial charge in [0.15, 0.2) is 5.78 Å². The highest BCUT2D eigenvalue weighted by Gasteiger charge is 2.15. The molecular formula is C19H29Cl2N3O2. The molecule has 1 saturated heterocycles. The number of hydrogen-bond donors (Lipinski definition) is 0. The summed E-state index contributed by atoms with van der Waals surface area (Å²) in [5.74, 6) is 1.11. The normalized spacial score (nSPS) is 14.7. The quantitative estimate of drug-likeness (QED) is 0.694. The molecule has 0 aliphatic carbocycles. The Balaban J connectivity index is 0.00000208. The van der Waals surface area contributed by atoms with Crippen LogP contribution in [0.4, 0.5) is 0 Å². The van der Waals surface area contributed by atoms with Crippen molar-refractivity contribution < 1.29 is 10.3 Å². The third kappa shape index (κ3) is 6.72. The van der Waals surface area contributed by atoms with E-state index >= 15 is 0 Å². The van der Waals surface area contributed by atoms with Crippen molar-refractivity contribution >= 4 is 30.6 Å². The summed E-state index contributed by atoms with van der Waals surface area (Å²) in [5.41, 5.74) is 1.84. The molecule has 1 aromatic carbocycles. The summed E-state index contributed by atoms with van der Waals surface area (Å²) in [6.07, 6.45) is 9.59. The first-order chi connectivity index (χ1) is 11.2. The molecule has 1 fully saturated rings. The minimum atomic E-state index is 0. The van der Waals surface area contributed by atoms with E-state index in [1.807, 2.05) is 35.0 Å². The molecule has 0 saturated carbocycles. The number of carbonyl (C=O) groups is 1.